The molecule has 0 aromatic heterocycles. The maximum atomic E-state index is 12.8. The summed E-state index contributed by atoms with van der Waals surface area (Å²) in [6, 6.07) is 7.82. The average molecular weight is 329 g/mol. The second kappa shape index (κ2) is 7.34. The first-order valence-corrected chi connectivity index (χ1v) is 8.98. The fourth-order valence-corrected chi connectivity index (χ4v) is 3.87. The highest BCUT2D eigenvalue weighted by Gasteiger charge is 2.31. The monoisotopic (exact) mass is 329 g/mol. The Kier molecular flexibility index (Phi) is 5.19. The third-order valence-electron chi connectivity index (χ3n) is 5.36. The molecule has 0 aliphatic carbocycles. The lowest BCUT2D eigenvalue weighted by molar-refractivity contribution is -0.128. The normalized spacial score (nSPS) is 24.5. The number of nitrogens with two attached hydrogens (primary N) is 1. The van der Waals surface area contributed by atoms with E-state index in [9.17, 15) is 9.59 Å². The van der Waals surface area contributed by atoms with Gasteiger partial charge in [0.05, 0.1) is 0 Å². The van der Waals surface area contributed by atoms with Gasteiger partial charge in [0.15, 0.2) is 0 Å². The maximum Gasteiger partial charge on any atom is 0.254 e. The molecule has 2 heterocycles. The topological polar surface area (TPSA) is 66.6 Å². The van der Waals surface area contributed by atoms with Crippen molar-refractivity contribution in [1.29, 1.82) is 0 Å². The first-order valence-electron chi connectivity index (χ1n) is 8.98. The van der Waals surface area contributed by atoms with E-state index in [1.54, 1.807) is 0 Å². The Morgan fingerprint density at radius 1 is 1.21 bits per heavy atom. The third kappa shape index (κ3) is 3.46. The molecule has 0 unspecified atom stereocenters. The van der Waals surface area contributed by atoms with Gasteiger partial charge < -0.3 is 15.5 Å². The number of likely N-dealkylation sites (tertiary alicyclic amines) is 2. The van der Waals surface area contributed by atoms with Crippen LogP contribution in [0.15, 0.2) is 24.3 Å². The molecule has 0 spiro atoms. The maximum absolute atomic E-state index is 12.8. The zero-order valence-corrected chi connectivity index (χ0v) is 14.4. The predicted octanol–water partition coefficient (Wildman–Crippen LogP) is 2.01. The van der Waals surface area contributed by atoms with Crippen molar-refractivity contribution in [2.75, 3.05) is 19.6 Å². The van der Waals surface area contributed by atoms with Crippen LogP contribution in [0.1, 0.15) is 48.5 Å². The van der Waals surface area contributed by atoms with Crippen LogP contribution in [0, 0.1) is 5.92 Å². The molecular formula is C19H27N3O2. The molecule has 2 aliphatic rings. The Labute approximate surface area is 143 Å². The minimum absolute atomic E-state index is 0.0702. The molecule has 2 N–H and O–H groups in total. The summed E-state index contributed by atoms with van der Waals surface area (Å²) in [5, 5.41) is 0. The molecule has 1 aromatic rings. The summed E-state index contributed by atoms with van der Waals surface area (Å²) in [5.41, 5.74) is 7.68. The van der Waals surface area contributed by atoms with Crippen molar-refractivity contribution in [3.8, 4) is 0 Å². The van der Waals surface area contributed by atoms with Gasteiger partial charge in [0.25, 0.3) is 5.91 Å². The number of hydrogen-bond acceptors (Lipinski definition) is 3. The van der Waals surface area contributed by atoms with Gasteiger partial charge in [-0.05, 0) is 42.9 Å². The van der Waals surface area contributed by atoms with Gasteiger partial charge >= 0.3 is 0 Å². The van der Waals surface area contributed by atoms with Crippen molar-refractivity contribution in [3.05, 3.63) is 35.4 Å². The van der Waals surface area contributed by atoms with E-state index in [1.807, 2.05) is 34.1 Å². The van der Waals surface area contributed by atoms with Crippen molar-refractivity contribution in [1.82, 2.24) is 9.80 Å². The number of nitrogens with zero attached hydrogens (tertiary/aromatic N) is 2. The molecule has 2 aliphatic heterocycles. The molecule has 2 saturated heterocycles. The summed E-state index contributed by atoms with van der Waals surface area (Å²) in [6.07, 6.45) is 3.78. The Morgan fingerprint density at radius 2 is 1.96 bits per heavy atom. The van der Waals surface area contributed by atoms with Crippen LogP contribution in [0.2, 0.25) is 0 Å². The van der Waals surface area contributed by atoms with Crippen LogP contribution in [0.25, 0.3) is 0 Å². The van der Waals surface area contributed by atoms with Crippen LogP contribution in [0.3, 0.4) is 0 Å². The fourth-order valence-electron chi connectivity index (χ4n) is 3.87. The molecule has 0 radical (unpaired) electrons. The fraction of sp³-hybridized carbons (Fsp3) is 0.579. The van der Waals surface area contributed by atoms with E-state index >= 15 is 0 Å². The number of amides is 2. The summed E-state index contributed by atoms with van der Waals surface area (Å²) in [6.45, 7) is 4.95. The molecule has 3 rings (SSSR count). The van der Waals surface area contributed by atoms with Crippen molar-refractivity contribution in [3.63, 3.8) is 0 Å². The van der Waals surface area contributed by atoms with Crippen LogP contribution in [-0.4, -0.2) is 47.3 Å². The molecule has 1 aromatic carbocycles. The van der Waals surface area contributed by atoms with Crippen LogP contribution >= 0.6 is 0 Å². The number of piperidine rings is 1. The molecule has 5 nitrogen and oxygen atoms in total. The van der Waals surface area contributed by atoms with Gasteiger partial charge in [0.1, 0.15) is 0 Å². The Hall–Kier alpha value is -1.88. The van der Waals surface area contributed by atoms with Gasteiger partial charge in [0, 0.05) is 44.2 Å². The van der Waals surface area contributed by atoms with Crippen molar-refractivity contribution in [2.45, 2.75) is 45.2 Å². The predicted molar refractivity (Wildman–Crippen MR) is 93.4 cm³/mol. The molecular weight excluding hydrogens is 302 g/mol. The second-order valence-electron chi connectivity index (χ2n) is 7.04. The van der Waals surface area contributed by atoms with Gasteiger partial charge in [-0.3, -0.25) is 9.59 Å². The highest BCUT2D eigenvalue weighted by Crippen LogP contribution is 2.24. The third-order valence-corrected chi connectivity index (χ3v) is 5.36. The van der Waals surface area contributed by atoms with E-state index in [0.717, 1.165) is 37.9 Å². The van der Waals surface area contributed by atoms with Gasteiger partial charge in [-0.2, -0.15) is 0 Å². The minimum atomic E-state index is 0.0702. The molecule has 2 fully saturated rings. The van der Waals surface area contributed by atoms with Crippen LogP contribution in [0.4, 0.5) is 0 Å². The summed E-state index contributed by atoms with van der Waals surface area (Å²) in [5.74, 6) is 0.747. The van der Waals surface area contributed by atoms with Gasteiger partial charge in [-0.15, -0.1) is 0 Å². The highest BCUT2D eigenvalue weighted by atomic mass is 16.2. The molecule has 0 bridgehead atoms. The Morgan fingerprint density at radius 3 is 2.58 bits per heavy atom. The summed E-state index contributed by atoms with van der Waals surface area (Å²) < 4.78 is 0. The second-order valence-corrected chi connectivity index (χ2v) is 7.04. The lowest BCUT2D eigenvalue weighted by atomic mass is 9.90. The SMILES string of the molecule is C[C@H]1CCCN(C(=O)c2ccc(CN3CCCC3=O)cc2)[C@@H]1CN. The molecule has 5 heteroatoms. The van der Waals surface area contributed by atoms with Gasteiger partial charge in [0.2, 0.25) is 5.91 Å². The average Bonchev–Trinajstić information content (AvgIpc) is 2.99. The summed E-state index contributed by atoms with van der Waals surface area (Å²) in [4.78, 5) is 28.4. The summed E-state index contributed by atoms with van der Waals surface area (Å²) in [7, 11) is 0. The smallest absolute Gasteiger partial charge is 0.254 e. The van der Waals surface area contributed by atoms with Crippen molar-refractivity contribution < 1.29 is 9.59 Å². The Bertz CT molecular complexity index is 599. The van der Waals surface area contributed by atoms with Crippen LogP contribution < -0.4 is 5.73 Å². The zero-order valence-electron chi connectivity index (χ0n) is 14.4. The van der Waals surface area contributed by atoms with Crippen LogP contribution in [0.5, 0.6) is 0 Å². The number of carbonyl (C=O) groups is 2. The molecule has 0 saturated carbocycles. The zero-order chi connectivity index (χ0) is 17.1. The van der Waals surface area contributed by atoms with Crippen molar-refractivity contribution >= 4 is 11.8 Å². The largest absolute Gasteiger partial charge is 0.338 e. The van der Waals surface area contributed by atoms with E-state index in [0.29, 0.717) is 31.0 Å². The van der Waals surface area contributed by atoms with E-state index in [1.165, 1.54) is 0 Å². The first kappa shape index (κ1) is 17.0. The van der Waals surface area contributed by atoms with Crippen LogP contribution in [-0.2, 0) is 11.3 Å². The number of carbonyl (C=O) groups excluding carboxylic acids is 2. The number of benzene rings is 1. The first-order chi connectivity index (χ1) is 11.6. The quantitative estimate of drug-likeness (QED) is 0.919. The highest BCUT2D eigenvalue weighted by molar-refractivity contribution is 5.94. The van der Waals surface area contributed by atoms with Gasteiger partial charge in [-0.25, -0.2) is 0 Å². The lowest BCUT2D eigenvalue weighted by Crippen LogP contribution is -2.51. The number of rotatable bonds is 4. The van der Waals surface area contributed by atoms with Gasteiger partial charge in [-0.1, -0.05) is 19.1 Å². The molecule has 2 atom stereocenters. The summed E-state index contributed by atoms with van der Waals surface area (Å²) >= 11 is 0. The van der Waals surface area contributed by atoms with E-state index in [2.05, 4.69) is 6.92 Å². The van der Waals surface area contributed by atoms with E-state index in [4.69, 9.17) is 5.73 Å². The molecule has 24 heavy (non-hydrogen) atoms. The minimum Gasteiger partial charge on any atom is -0.338 e. The Balaban J connectivity index is 1.68. The number of hydrogen-bond donors (Lipinski definition) is 1. The van der Waals surface area contributed by atoms with E-state index in [-0.39, 0.29) is 17.9 Å². The molecule has 130 valence electrons. The standard InChI is InChI=1S/C19H27N3O2/c1-14-4-2-11-22(17(14)12-20)19(24)16-8-6-15(7-9-16)13-21-10-3-5-18(21)23/h6-9,14,17H,2-5,10-13,20H2,1H3/t14-,17+/m0/s1. The van der Waals surface area contributed by atoms with Crippen molar-refractivity contribution in [2.24, 2.45) is 11.7 Å². The lowest BCUT2D eigenvalue weighted by Gasteiger charge is -2.39. The molecule has 2 amide bonds. The van der Waals surface area contributed by atoms with E-state index < -0.39 is 0 Å².